The van der Waals surface area contributed by atoms with E-state index in [-0.39, 0.29) is 12.3 Å². The summed E-state index contributed by atoms with van der Waals surface area (Å²) < 4.78 is 7.37. The molecule has 0 saturated heterocycles. The number of benzene rings is 2. The molecule has 0 aliphatic carbocycles. The van der Waals surface area contributed by atoms with Gasteiger partial charge in [-0.2, -0.15) is 5.10 Å². The van der Waals surface area contributed by atoms with Crippen LogP contribution in [0, 0.1) is 0 Å². The first-order chi connectivity index (χ1) is 13.2. The SMILES string of the molecule is Clc1ccc(C2=NN3[C@@H](c4ccncc4)Oc4ccc(Br)cc4[C@@H]3C2)cc1. The molecule has 0 fully saturated rings. The summed E-state index contributed by atoms with van der Waals surface area (Å²) in [5, 5.41) is 7.73. The highest BCUT2D eigenvalue weighted by molar-refractivity contribution is 9.10. The second kappa shape index (κ2) is 6.66. The minimum Gasteiger partial charge on any atom is -0.464 e. The van der Waals surface area contributed by atoms with Crippen molar-refractivity contribution in [1.82, 2.24) is 9.99 Å². The molecule has 5 rings (SSSR count). The number of fused-ring (bicyclic) bond motifs is 3. The second-order valence-electron chi connectivity index (χ2n) is 6.59. The maximum absolute atomic E-state index is 6.34. The van der Waals surface area contributed by atoms with Crippen LogP contribution in [-0.2, 0) is 0 Å². The Labute approximate surface area is 170 Å². The minimum atomic E-state index is -0.281. The van der Waals surface area contributed by atoms with Crippen molar-refractivity contribution < 1.29 is 4.74 Å². The average molecular weight is 441 g/mol. The molecule has 2 aliphatic heterocycles. The first-order valence-electron chi connectivity index (χ1n) is 8.67. The number of rotatable bonds is 2. The van der Waals surface area contributed by atoms with E-state index >= 15 is 0 Å². The lowest BCUT2D eigenvalue weighted by Crippen LogP contribution is -2.33. The van der Waals surface area contributed by atoms with Crippen LogP contribution in [0.1, 0.15) is 35.4 Å². The molecule has 0 N–H and O–H groups in total. The molecule has 134 valence electrons. The zero-order valence-electron chi connectivity index (χ0n) is 14.2. The van der Waals surface area contributed by atoms with Gasteiger partial charge in [-0.1, -0.05) is 39.7 Å². The Morgan fingerprint density at radius 1 is 1.04 bits per heavy atom. The van der Waals surface area contributed by atoms with Crippen LogP contribution in [0.2, 0.25) is 5.02 Å². The van der Waals surface area contributed by atoms with Gasteiger partial charge in [-0.05, 0) is 48.0 Å². The van der Waals surface area contributed by atoms with E-state index in [1.807, 2.05) is 48.5 Å². The molecule has 1 aromatic heterocycles. The third-order valence-corrected chi connectivity index (χ3v) is 5.67. The van der Waals surface area contributed by atoms with E-state index < -0.39 is 0 Å². The van der Waals surface area contributed by atoms with Crippen molar-refractivity contribution in [1.29, 1.82) is 0 Å². The molecule has 0 spiro atoms. The summed E-state index contributed by atoms with van der Waals surface area (Å²) in [4.78, 5) is 4.12. The Hall–Kier alpha value is -2.37. The number of hydrogen-bond acceptors (Lipinski definition) is 4. The molecule has 0 amide bonds. The standard InChI is InChI=1S/C21H15BrClN3O/c22-15-3-6-20-17(11-15)19-12-18(13-1-4-16(23)5-2-13)25-26(19)21(27-20)14-7-9-24-10-8-14/h1-11,19,21H,12H2/t19-,21+/m0/s1. The lowest BCUT2D eigenvalue weighted by molar-refractivity contribution is -0.0191. The molecule has 0 unspecified atom stereocenters. The van der Waals surface area contributed by atoms with Gasteiger partial charge >= 0.3 is 0 Å². The molecule has 4 nitrogen and oxygen atoms in total. The molecule has 0 saturated carbocycles. The summed E-state index contributed by atoms with van der Waals surface area (Å²) in [5.74, 6) is 0.897. The molecule has 6 heteroatoms. The van der Waals surface area contributed by atoms with E-state index in [1.54, 1.807) is 12.4 Å². The maximum Gasteiger partial charge on any atom is 0.213 e. The van der Waals surface area contributed by atoms with Crippen molar-refractivity contribution in [2.75, 3.05) is 0 Å². The number of pyridine rings is 1. The summed E-state index contributed by atoms with van der Waals surface area (Å²) in [7, 11) is 0. The highest BCUT2D eigenvalue weighted by atomic mass is 79.9. The van der Waals surface area contributed by atoms with E-state index in [0.717, 1.165) is 44.1 Å². The summed E-state index contributed by atoms with van der Waals surface area (Å²) in [6.45, 7) is 0. The number of aromatic nitrogens is 1. The van der Waals surface area contributed by atoms with Gasteiger partial charge in [0.1, 0.15) is 5.75 Å². The smallest absolute Gasteiger partial charge is 0.213 e. The van der Waals surface area contributed by atoms with Crippen molar-refractivity contribution in [3.63, 3.8) is 0 Å². The Balaban J connectivity index is 1.60. The molecule has 2 aliphatic rings. The first-order valence-corrected chi connectivity index (χ1v) is 9.84. The fourth-order valence-electron chi connectivity index (χ4n) is 3.62. The molecular formula is C21H15BrClN3O. The molecule has 2 atom stereocenters. The summed E-state index contributed by atoms with van der Waals surface area (Å²) >= 11 is 9.63. The maximum atomic E-state index is 6.34. The van der Waals surface area contributed by atoms with Crippen LogP contribution in [0.4, 0.5) is 0 Å². The van der Waals surface area contributed by atoms with Gasteiger partial charge < -0.3 is 4.74 Å². The molecule has 0 bridgehead atoms. The zero-order valence-corrected chi connectivity index (χ0v) is 16.6. The van der Waals surface area contributed by atoms with Crippen molar-refractivity contribution >= 4 is 33.2 Å². The Bertz CT molecular complexity index is 1020. The highest BCUT2D eigenvalue weighted by Gasteiger charge is 2.41. The molecule has 3 heterocycles. The molecular weight excluding hydrogens is 426 g/mol. The largest absolute Gasteiger partial charge is 0.464 e. The Morgan fingerprint density at radius 3 is 2.59 bits per heavy atom. The fourth-order valence-corrected chi connectivity index (χ4v) is 4.13. The number of ether oxygens (including phenoxy) is 1. The number of hydrogen-bond donors (Lipinski definition) is 0. The monoisotopic (exact) mass is 439 g/mol. The molecule has 3 aromatic rings. The minimum absolute atomic E-state index is 0.120. The molecule has 0 radical (unpaired) electrons. The van der Waals surface area contributed by atoms with Gasteiger partial charge in [-0.3, -0.25) is 4.98 Å². The Kier molecular flexibility index (Phi) is 4.14. The predicted octanol–water partition coefficient (Wildman–Crippen LogP) is 5.74. The van der Waals surface area contributed by atoms with Crippen molar-refractivity contribution in [2.45, 2.75) is 18.7 Å². The van der Waals surface area contributed by atoms with Gasteiger partial charge in [0, 0.05) is 39.4 Å². The summed E-state index contributed by atoms with van der Waals surface area (Å²) in [6.07, 6.45) is 4.10. The summed E-state index contributed by atoms with van der Waals surface area (Å²) in [5.41, 5.74) is 4.29. The van der Waals surface area contributed by atoms with Crippen LogP contribution in [0.3, 0.4) is 0 Å². The number of halogens is 2. The highest BCUT2D eigenvalue weighted by Crippen LogP contribution is 2.48. The van der Waals surface area contributed by atoms with E-state index in [4.69, 9.17) is 21.4 Å². The molecule has 27 heavy (non-hydrogen) atoms. The van der Waals surface area contributed by atoms with Gasteiger partial charge in [-0.15, -0.1) is 0 Å². The van der Waals surface area contributed by atoms with Gasteiger partial charge in [0.05, 0.1) is 11.8 Å². The Morgan fingerprint density at radius 2 is 1.81 bits per heavy atom. The van der Waals surface area contributed by atoms with Crippen LogP contribution in [0.25, 0.3) is 0 Å². The van der Waals surface area contributed by atoms with E-state index in [2.05, 4.69) is 32.0 Å². The first kappa shape index (κ1) is 16.8. The van der Waals surface area contributed by atoms with Crippen LogP contribution in [0.15, 0.2) is 76.6 Å². The lowest BCUT2D eigenvalue weighted by Gasteiger charge is -2.38. The van der Waals surface area contributed by atoms with Crippen LogP contribution in [-0.4, -0.2) is 15.7 Å². The van der Waals surface area contributed by atoms with Crippen LogP contribution < -0.4 is 4.74 Å². The van der Waals surface area contributed by atoms with Crippen LogP contribution in [0.5, 0.6) is 5.75 Å². The molecule has 2 aromatic carbocycles. The quantitative estimate of drug-likeness (QED) is 0.510. The van der Waals surface area contributed by atoms with Gasteiger partial charge in [0.2, 0.25) is 6.23 Å². The predicted molar refractivity (Wildman–Crippen MR) is 109 cm³/mol. The fraction of sp³-hybridized carbons (Fsp3) is 0.143. The number of nitrogens with zero attached hydrogens (tertiary/aromatic N) is 3. The van der Waals surface area contributed by atoms with E-state index in [0.29, 0.717) is 0 Å². The third kappa shape index (κ3) is 3.01. The van der Waals surface area contributed by atoms with Crippen molar-refractivity contribution in [3.05, 3.63) is 93.2 Å². The third-order valence-electron chi connectivity index (χ3n) is 4.92. The van der Waals surface area contributed by atoms with Crippen LogP contribution >= 0.6 is 27.5 Å². The lowest BCUT2D eigenvalue weighted by atomic mass is 9.96. The van der Waals surface area contributed by atoms with Crippen molar-refractivity contribution in [2.24, 2.45) is 5.10 Å². The van der Waals surface area contributed by atoms with Gasteiger partial charge in [-0.25, -0.2) is 5.01 Å². The van der Waals surface area contributed by atoms with E-state index in [1.165, 1.54) is 0 Å². The van der Waals surface area contributed by atoms with Crippen molar-refractivity contribution in [3.8, 4) is 5.75 Å². The zero-order chi connectivity index (χ0) is 18.4. The average Bonchev–Trinajstić information content (AvgIpc) is 3.14. The van der Waals surface area contributed by atoms with Gasteiger partial charge in [0.15, 0.2) is 0 Å². The summed E-state index contributed by atoms with van der Waals surface area (Å²) in [6, 6.07) is 18.1. The van der Waals surface area contributed by atoms with Gasteiger partial charge in [0.25, 0.3) is 0 Å². The van der Waals surface area contributed by atoms with E-state index in [9.17, 15) is 0 Å². The number of hydrazone groups is 1. The topological polar surface area (TPSA) is 37.7 Å². The normalized spacial score (nSPS) is 20.5. The second-order valence-corrected chi connectivity index (χ2v) is 7.94.